The van der Waals surface area contributed by atoms with Crippen LogP contribution in [0.15, 0.2) is 0 Å². The molecule has 0 amide bonds. The molecular weight excluding hydrogens is 176 g/mol. The Labute approximate surface area is 77.0 Å². The molecule has 0 saturated heterocycles. The van der Waals surface area contributed by atoms with Crippen LogP contribution >= 0.6 is 0 Å². The second kappa shape index (κ2) is 7.71. The molecule has 2 unspecified atom stereocenters. The van der Waals surface area contributed by atoms with Crippen molar-refractivity contribution in [3.8, 4) is 0 Å². The molecule has 74 valence electrons. The van der Waals surface area contributed by atoms with Crippen LogP contribution in [0, 0.1) is 5.92 Å². The smallest absolute Gasteiger partial charge is 0.284 e. The van der Waals surface area contributed by atoms with Gasteiger partial charge in [0.05, 0.1) is 6.61 Å². The molecule has 0 aliphatic carbocycles. The van der Waals surface area contributed by atoms with Crippen molar-refractivity contribution in [2.75, 3.05) is 6.61 Å². The molecule has 3 nitrogen and oxygen atoms in total. The second-order valence-electron chi connectivity index (χ2n) is 2.92. The first-order valence-corrected chi connectivity index (χ1v) is 5.48. The zero-order valence-corrected chi connectivity index (χ0v) is 8.60. The lowest BCUT2D eigenvalue weighted by molar-refractivity contribution is 0.233. The maximum Gasteiger partial charge on any atom is 0.301 e. The Morgan fingerprint density at radius 2 is 2.17 bits per heavy atom. The highest BCUT2D eigenvalue weighted by molar-refractivity contribution is 7.74. The van der Waals surface area contributed by atoms with E-state index in [1.807, 2.05) is 0 Å². The standard InChI is InChI=1S/C8H18O3S/c1-3-5-6-8(4-2)7-11-12(9)10/h8H,3-7H2,1-2H3,(H,9,10). The van der Waals surface area contributed by atoms with Crippen molar-refractivity contribution in [3.63, 3.8) is 0 Å². The highest BCUT2D eigenvalue weighted by Gasteiger charge is 2.07. The third-order valence-electron chi connectivity index (χ3n) is 1.95. The second-order valence-corrected chi connectivity index (χ2v) is 3.59. The van der Waals surface area contributed by atoms with Crippen molar-refractivity contribution in [3.05, 3.63) is 0 Å². The van der Waals surface area contributed by atoms with E-state index in [1.54, 1.807) is 0 Å². The van der Waals surface area contributed by atoms with Gasteiger partial charge in [0.15, 0.2) is 0 Å². The summed E-state index contributed by atoms with van der Waals surface area (Å²) < 4.78 is 23.2. The average Bonchev–Trinajstić information content (AvgIpc) is 2.05. The van der Waals surface area contributed by atoms with Crippen molar-refractivity contribution in [1.82, 2.24) is 0 Å². The molecule has 0 aliphatic rings. The van der Waals surface area contributed by atoms with Gasteiger partial charge in [0.2, 0.25) is 0 Å². The van der Waals surface area contributed by atoms with Gasteiger partial charge in [-0.25, -0.2) is 0 Å². The molecule has 0 fully saturated rings. The van der Waals surface area contributed by atoms with Crippen LogP contribution in [-0.2, 0) is 15.5 Å². The highest BCUT2D eigenvalue weighted by Crippen LogP contribution is 2.12. The van der Waals surface area contributed by atoms with Crippen molar-refractivity contribution < 1.29 is 12.9 Å². The van der Waals surface area contributed by atoms with Crippen molar-refractivity contribution in [2.45, 2.75) is 39.5 Å². The normalized spacial score (nSPS) is 15.9. The minimum atomic E-state index is -2.09. The molecule has 0 bridgehead atoms. The fraction of sp³-hybridized carbons (Fsp3) is 1.00. The molecule has 0 rings (SSSR count). The van der Waals surface area contributed by atoms with Crippen LogP contribution in [0.2, 0.25) is 0 Å². The highest BCUT2D eigenvalue weighted by atomic mass is 32.2. The maximum atomic E-state index is 10.2. The summed E-state index contributed by atoms with van der Waals surface area (Å²) in [7, 11) is 0. The van der Waals surface area contributed by atoms with E-state index in [4.69, 9.17) is 4.55 Å². The van der Waals surface area contributed by atoms with Crippen molar-refractivity contribution >= 4 is 11.4 Å². The Hall–Kier alpha value is 0.0700. The topological polar surface area (TPSA) is 46.5 Å². The van der Waals surface area contributed by atoms with E-state index in [0.29, 0.717) is 12.5 Å². The zero-order chi connectivity index (χ0) is 9.40. The third-order valence-corrected chi connectivity index (χ3v) is 2.29. The summed E-state index contributed by atoms with van der Waals surface area (Å²) >= 11 is -2.09. The van der Waals surface area contributed by atoms with Crippen LogP contribution in [0.1, 0.15) is 39.5 Å². The van der Waals surface area contributed by atoms with Crippen LogP contribution in [0.5, 0.6) is 0 Å². The summed E-state index contributed by atoms with van der Waals surface area (Å²) in [5.74, 6) is 0.432. The summed E-state index contributed by atoms with van der Waals surface area (Å²) in [5, 5.41) is 0. The number of hydrogen-bond donors (Lipinski definition) is 1. The Balaban J connectivity index is 3.45. The lowest BCUT2D eigenvalue weighted by Crippen LogP contribution is -2.09. The van der Waals surface area contributed by atoms with Crippen LogP contribution < -0.4 is 0 Å². The van der Waals surface area contributed by atoms with Gasteiger partial charge in [-0.05, 0) is 12.3 Å². The van der Waals surface area contributed by atoms with Gasteiger partial charge in [-0.15, -0.1) is 0 Å². The summed E-state index contributed by atoms with van der Waals surface area (Å²) in [6.07, 6.45) is 4.43. The van der Waals surface area contributed by atoms with Crippen LogP contribution in [0.4, 0.5) is 0 Å². The quantitative estimate of drug-likeness (QED) is 0.633. The first kappa shape index (κ1) is 12.1. The van der Waals surface area contributed by atoms with Crippen LogP contribution in [0.3, 0.4) is 0 Å². The minimum Gasteiger partial charge on any atom is -0.284 e. The fourth-order valence-corrected chi connectivity index (χ4v) is 1.36. The Morgan fingerprint density at radius 3 is 2.58 bits per heavy atom. The van der Waals surface area contributed by atoms with E-state index in [1.165, 1.54) is 12.8 Å². The predicted octanol–water partition coefficient (Wildman–Crippen LogP) is 2.36. The van der Waals surface area contributed by atoms with Crippen molar-refractivity contribution in [2.24, 2.45) is 5.92 Å². The van der Waals surface area contributed by atoms with Gasteiger partial charge in [0.1, 0.15) is 0 Å². The van der Waals surface area contributed by atoms with E-state index in [0.717, 1.165) is 12.8 Å². The molecule has 12 heavy (non-hydrogen) atoms. The van der Waals surface area contributed by atoms with Gasteiger partial charge >= 0.3 is 11.4 Å². The molecule has 0 aromatic heterocycles. The van der Waals surface area contributed by atoms with Crippen LogP contribution in [-0.4, -0.2) is 15.4 Å². The van der Waals surface area contributed by atoms with Crippen molar-refractivity contribution in [1.29, 1.82) is 0 Å². The predicted molar refractivity (Wildman–Crippen MR) is 50.0 cm³/mol. The van der Waals surface area contributed by atoms with Gasteiger partial charge in [0.25, 0.3) is 0 Å². The molecular formula is C8H18O3S. The Kier molecular flexibility index (Phi) is 7.75. The van der Waals surface area contributed by atoms with E-state index in [2.05, 4.69) is 18.0 Å². The third kappa shape index (κ3) is 6.76. The van der Waals surface area contributed by atoms with Gasteiger partial charge in [-0.1, -0.05) is 33.1 Å². The molecule has 0 radical (unpaired) electrons. The average molecular weight is 194 g/mol. The van der Waals surface area contributed by atoms with E-state index < -0.39 is 11.4 Å². The summed E-state index contributed by atoms with van der Waals surface area (Å²) in [6.45, 7) is 4.61. The van der Waals surface area contributed by atoms with Crippen LogP contribution in [0.25, 0.3) is 0 Å². The van der Waals surface area contributed by atoms with Gasteiger partial charge in [-0.2, -0.15) is 4.21 Å². The number of hydrogen-bond acceptors (Lipinski definition) is 2. The molecule has 1 N–H and O–H groups in total. The van der Waals surface area contributed by atoms with Gasteiger partial charge < -0.3 is 0 Å². The van der Waals surface area contributed by atoms with E-state index >= 15 is 0 Å². The Morgan fingerprint density at radius 1 is 1.50 bits per heavy atom. The summed E-state index contributed by atoms with van der Waals surface area (Å²) in [6, 6.07) is 0. The summed E-state index contributed by atoms with van der Waals surface area (Å²) in [5.41, 5.74) is 0. The molecule has 0 saturated carbocycles. The largest absolute Gasteiger partial charge is 0.301 e. The number of unbranched alkanes of at least 4 members (excludes halogenated alkanes) is 1. The first-order valence-electron chi connectivity index (χ1n) is 4.44. The SMILES string of the molecule is CCCCC(CC)COS(=O)O. The molecule has 0 heterocycles. The molecule has 0 aromatic carbocycles. The Bertz CT molecular complexity index is 127. The van der Waals surface area contributed by atoms with E-state index in [9.17, 15) is 4.21 Å². The maximum absolute atomic E-state index is 10.2. The summed E-state index contributed by atoms with van der Waals surface area (Å²) in [4.78, 5) is 0. The van der Waals surface area contributed by atoms with Gasteiger partial charge in [0, 0.05) is 0 Å². The molecule has 2 atom stereocenters. The fourth-order valence-electron chi connectivity index (χ4n) is 1.05. The monoisotopic (exact) mass is 194 g/mol. The lowest BCUT2D eigenvalue weighted by atomic mass is 10.0. The first-order chi connectivity index (χ1) is 5.70. The molecule has 0 spiro atoms. The lowest BCUT2D eigenvalue weighted by Gasteiger charge is -2.11. The number of rotatable bonds is 7. The molecule has 0 aromatic rings. The zero-order valence-electron chi connectivity index (χ0n) is 7.78. The van der Waals surface area contributed by atoms with Gasteiger partial charge in [-0.3, -0.25) is 8.74 Å². The molecule has 0 aliphatic heterocycles. The van der Waals surface area contributed by atoms with E-state index in [-0.39, 0.29) is 0 Å². The minimum absolute atomic E-state index is 0.402. The molecule has 4 heteroatoms.